The van der Waals surface area contributed by atoms with Crippen molar-refractivity contribution in [2.45, 2.75) is 19.4 Å². The Morgan fingerprint density at radius 3 is 2.22 bits per heavy atom. The van der Waals surface area contributed by atoms with Crippen molar-refractivity contribution in [3.05, 3.63) is 89.0 Å². The van der Waals surface area contributed by atoms with Crippen LogP contribution in [0.25, 0.3) is 6.08 Å². The van der Waals surface area contributed by atoms with E-state index in [9.17, 15) is 18.0 Å². The number of fused-ring (bicyclic) bond motifs is 1. The van der Waals surface area contributed by atoms with Crippen LogP contribution in [0.4, 0.5) is 13.2 Å². The Balaban J connectivity index is 1.46. The molecule has 1 heterocycles. The maximum Gasteiger partial charge on any atom is 0.416 e. The summed E-state index contributed by atoms with van der Waals surface area (Å²) in [6, 6.07) is 15.4. The lowest BCUT2D eigenvalue weighted by molar-refractivity contribution is -0.137. The highest BCUT2D eigenvalue weighted by Gasteiger charge is 2.30. The van der Waals surface area contributed by atoms with Crippen LogP contribution in [0.3, 0.4) is 0 Å². The molecule has 0 atom stereocenters. The number of alkyl halides is 3. The summed E-state index contributed by atoms with van der Waals surface area (Å²) in [7, 11) is 1.31. The number of hydrogen-bond acceptors (Lipinski definition) is 6. The van der Waals surface area contributed by atoms with Crippen LogP contribution in [-0.2, 0) is 28.9 Å². The lowest BCUT2D eigenvalue weighted by atomic mass is 10.1. The second kappa shape index (κ2) is 11.1. The van der Waals surface area contributed by atoms with Gasteiger partial charge >= 0.3 is 12.1 Å². The van der Waals surface area contributed by atoms with E-state index in [1.165, 1.54) is 25.3 Å². The highest BCUT2D eigenvalue weighted by Crippen LogP contribution is 2.38. The first-order valence-electron chi connectivity index (χ1n) is 11.0. The summed E-state index contributed by atoms with van der Waals surface area (Å²) in [6.07, 6.45) is -1.44. The smallest absolute Gasteiger partial charge is 0.416 e. The summed E-state index contributed by atoms with van der Waals surface area (Å²) in [5.74, 6) is 1.70. The minimum absolute atomic E-state index is 0.0615. The Kier molecular flexibility index (Phi) is 7.68. The molecule has 0 fully saturated rings. The fourth-order valence-electron chi connectivity index (χ4n) is 3.38. The van der Waals surface area contributed by atoms with E-state index in [-0.39, 0.29) is 13.2 Å². The SMILES string of the molecule is COC(=O)/C=C/c1ccc(OCc2cc3c(cc2OCc2ccc(C(F)(F)F)cc2)OCCO3)cc1. The van der Waals surface area contributed by atoms with Gasteiger partial charge in [0.05, 0.1) is 12.7 Å². The van der Waals surface area contributed by atoms with Gasteiger partial charge in [0.2, 0.25) is 0 Å². The largest absolute Gasteiger partial charge is 0.489 e. The number of carbonyl (C=O) groups excluding carboxylic acids is 1. The molecule has 188 valence electrons. The molecule has 3 aromatic carbocycles. The summed E-state index contributed by atoms with van der Waals surface area (Å²) in [5.41, 5.74) is 1.35. The molecular formula is C27H23F3O6. The average molecular weight is 500 g/mol. The van der Waals surface area contributed by atoms with Crippen molar-refractivity contribution in [2.24, 2.45) is 0 Å². The van der Waals surface area contributed by atoms with E-state index in [0.717, 1.165) is 17.7 Å². The summed E-state index contributed by atoms with van der Waals surface area (Å²) in [4.78, 5) is 11.2. The summed E-state index contributed by atoms with van der Waals surface area (Å²) in [5, 5.41) is 0. The Morgan fingerprint density at radius 1 is 0.917 bits per heavy atom. The molecule has 0 saturated heterocycles. The van der Waals surface area contributed by atoms with Crippen molar-refractivity contribution in [3.8, 4) is 23.0 Å². The third-order valence-electron chi connectivity index (χ3n) is 5.29. The van der Waals surface area contributed by atoms with E-state index in [4.69, 9.17) is 18.9 Å². The van der Waals surface area contributed by atoms with Crippen molar-refractivity contribution >= 4 is 12.0 Å². The molecule has 1 aliphatic rings. The standard InChI is InChI=1S/C27H23F3O6/c1-32-26(31)11-6-18-4-9-22(10-5-18)35-17-20-14-24-25(34-13-12-33-24)15-23(20)36-16-19-2-7-21(8-3-19)27(28,29)30/h2-11,14-15H,12-13,16-17H2,1H3/b11-6+. The molecule has 36 heavy (non-hydrogen) atoms. The Hall–Kier alpha value is -4.14. The van der Waals surface area contributed by atoms with Crippen molar-refractivity contribution in [3.63, 3.8) is 0 Å². The van der Waals surface area contributed by atoms with Gasteiger partial charge in [0.15, 0.2) is 11.5 Å². The van der Waals surface area contributed by atoms with E-state index in [2.05, 4.69) is 4.74 Å². The summed E-state index contributed by atoms with van der Waals surface area (Å²) < 4.78 is 66.2. The number of carbonyl (C=O) groups is 1. The monoisotopic (exact) mass is 500 g/mol. The van der Waals surface area contributed by atoms with Gasteiger partial charge in [-0.25, -0.2) is 4.79 Å². The summed E-state index contributed by atoms with van der Waals surface area (Å²) >= 11 is 0. The Morgan fingerprint density at radius 2 is 1.58 bits per heavy atom. The quantitative estimate of drug-likeness (QED) is 0.287. The van der Waals surface area contributed by atoms with Crippen molar-refractivity contribution in [2.75, 3.05) is 20.3 Å². The van der Waals surface area contributed by atoms with Gasteiger partial charge in [-0.05, 0) is 47.5 Å². The average Bonchev–Trinajstić information content (AvgIpc) is 2.89. The van der Waals surface area contributed by atoms with Crippen LogP contribution in [0.5, 0.6) is 23.0 Å². The predicted molar refractivity (Wildman–Crippen MR) is 125 cm³/mol. The lowest BCUT2D eigenvalue weighted by Gasteiger charge is -2.21. The number of halogens is 3. The molecule has 0 saturated carbocycles. The van der Waals surface area contributed by atoms with E-state index >= 15 is 0 Å². The van der Waals surface area contributed by atoms with Crippen molar-refractivity contribution < 1.29 is 41.7 Å². The molecule has 6 nitrogen and oxygen atoms in total. The molecule has 1 aliphatic heterocycles. The minimum atomic E-state index is -4.39. The molecule has 0 spiro atoms. The maximum atomic E-state index is 12.8. The fourth-order valence-corrected chi connectivity index (χ4v) is 3.38. The number of ether oxygens (including phenoxy) is 5. The number of esters is 1. The van der Waals surface area contributed by atoms with Gasteiger partial charge in [-0.15, -0.1) is 0 Å². The van der Waals surface area contributed by atoms with E-state index in [1.54, 1.807) is 42.5 Å². The number of rotatable bonds is 8. The highest BCUT2D eigenvalue weighted by molar-refractivity contribution is 5.86. The first-order valence-corrected chi connectivity index (χ1v) is 11.0. The topological polar surface area (TPSA) is 63.2 Å². The van der Waals surface area contributed by atoms with Gasteiger partial charge in [0.25, 0.3) is 0 Å². The third kappa shape index (κ3) is 6.50. The fraction of sp³-hybridized carbons (Fsp3) is 0.222. The van der Waals surface area contributed by atoms with Gasteiger partial charge in [0, 0.05) is 17.7 Å². The molecule has 0 radical (unpaired) electrons. The zero-order valence-electron chi connectivity index (χ0n) is 19.3. The molecule has 0 aromatic heterocycles. The van der Waals surface area contributed by atoms with E-state index in [1.807, 2.05) is 0 Å². The van der Waals surface area contributed by atoms with Gasteiger partial charge in [0.1, 0.15) is 37.9 Å². The predicted octanol–water partition coefficient (Wildman–Crippen LogP) is 5.82. The van der Waals surface area contributed by atoms with Gasteiger partial charge in [-0.2, -0.15) is 13.2 Å². The molecule has 3 aromatic rings. The van der Waals surface area contributed by atoms with Crippen molar-refractivity contribution in [1.82, 2.24) is 0 Å². The van der Waals surface area contributed by atoms with Crippen LogP contribution in [0, 0.1) is 0 Å². The van der Waals surface area contributed by atoms with Crippen LogP contribution in [0.1, 0.15) is 22.3 Å². The maximum absolute atomic E-state index is 12.8. The molecule has 0 N–H and O–H groups in total. The van der Waals surface area contributed by atoms with Gasteiger partial charge < -0.3 is 23.7 Å². The first kappa shape index (κ1) is 25.0. The number of hydrogen-bond donors (Lipinski definition) is 0. The van der Waals surface area contributed by atoms with Crippen molar-refractivity contribution in [1.29, 1.82) is 0 Å². The Labute approximate surface area is 205 Å². The second-order valence-corrected chi connectivity index (χ2v) is 7.80. The molecule has 0 amide bonds. The number of methoxy groups -OCH3 is 1. The van der Waals surface area contributed by atoms with E-state index in [0.29, 0.717) is 47.3 Å². The molecule has 0 aliphatic carbocycles. The lowest BCUT2D eigenvalue weighted by Crippen LogP contribution is -2.16. The Bertz CT molecular complexity index is 1220. The zero-order valence-corrected chi connectivity index (χ0v) is 19.3. The van der Waals surface area contributed by atoms with E-state index < -0.39 is 17.7 Å². The van der Waals surface area contributed by atoms with Gasteiger partial charge in [-0.3, -0.25) is 0 Å². The van der Waals surface area contributed by atoms with Crippen LogP contribution in [0.15, 0.2) is 66.7 Å². The molecule has 0 bridgehead atoms. The highest BCUT2D eigenvalue weighted by atomic mass is 19.4. The van der Waals surface area contributed by atoms with Gasteiger partial charge in [-0.1, -0.05) is 24.3 Å². The van der Waals surface area contributed by atoms with Crippen LogP contribution < -0.4 is 18.9 Å². The second-order valence-electron chi connectivity index (χ2n) is 7.80. The molecular weight excluding hydrogens is 477 g/mol. The number of benzene rings is 3. The molecule has 9 heteroatoms. The zero-order chi connectivity index (χ0) is 25.5. The molecule has 0 unspecified atom stereocenters. The molecule has 4 rings (SSSR count). The normalized spacial score (nSPS) is 12.9. The van der Waals surface area contributed by atoms with Crippen LogP contribution in [0.2, 0.25) is 0 Å². The van der Waals surface area contributed by atoms with Crippen LogP contribution in [-0.4, -0.2) is 26.3 Å². The van der Waals surface area contributed by atoms with Crippen LogP contribution >= 0.6 is 0 Å². The first-order chi connectivity index (χ1) is 17.3. The minimum Gasteiger partial charge on any atom is -0.489 e. The summed E-state index contributed by atoms with van der Waals surface area (Å²) in [6.45, 7) is 1.03. The third-order valence-corrected chi connectivity index (χ3v) is 5.29.